The van der Waals surface area contributed by atoms with Crippen molar-refractivity contribution in [2.24, 2.45) is 0 Å². The van der Waals surface area contributed by atoms with Crippen LogP contribution in [-0.4, -0.2) is 6.54 Å². The van der Waals surface area contributed by atoms with Crippen molar-refractivity contribution in [2.45, 2.75) is 71.3 Å². The quantitative estimate of drug-likeness (QED) is 0.670. The zero-order valence-electron chi connectivity index (χ0n) is 13.1. The van der Waals surface area contributed by atoms with Crippen LogP contribution in [0.25, 0.3) is 0 Å². The molecular formula is C18H29NS. The highest BCUT2D eigenvalue weighted by atomic mass is 32.1. The van der Waals surface area contributed by atoms with Gasteiger partial charge in [0.15, 0.2) is 0 Å². The van der Waals surface area contributed by atoms with Crippen LogP contribution in [0.2, 0.25) is 0 Å². The Hall–Kier alpha value is -0.600. The maximum Gasteiger partial charge on any atom is 0.0630 e. The van der Waals surface area contributed by atoms with Gasteiger partial charge in [0.25, 0.3) is 0 Å². The molecule has 1 heterocycles. The number of rotatable bonds is 6. The van der Waals surface area contributed by atoms with Gasteiger partial charge in [-0.1, -0.05) is 38.3 Å². The van der Waals surface area contributed by atoms with Crippen molar-refractivity contribution in [2.75, 3.05) is 6.54 Å². The van der Waals surface area contributed by atoms with Gasteiger partial charge in [-0.3, -0.25) is 0 Å². The molecule has 0 radical (unpaired) electrons. The highest BCUT2D eigenvalue weighted by Crippen LogP contribution is 2.33. The van der Waals surface area contributed by atoms with E-state index in [2.05, 4.69) is 37.4 Å². The van der Waals surface area contributed by atoms with Crippen molar-refractivity contribution < 1.29 is 0 Å². The number of nitrogens with one attached hydrogen (secondary N) is 1. The molecule has 1 atom stereocenters. The lowest BCUT2D eigenvalue weighted by Gasteiger charge is -2.22. The first-order chi connectivity index (χ1) is 9.85. The van der Waals surface area contributed by atoms with Crippen LogP contribution in [-0.2, 0) is 6.42 Å². The van der Waals surface area contributed by atoms with E-state index in [-0.39, 0.29) is 0 Å². The monoisotopic (exact) mass is 291 g/mol. The molecule has 0 saturated carbocycles. The summed E-state index contributed by atoms with van der Waals surface area (Å²) in [6, 6.07) is 5.12. The van der Waals surface area contributed by atoms with Gasteiger partial charge in [0.2, 0.25) is 0 Å². The molecule has 0 spiro atoms. The van der Waals surface area contributed by atoms with Crippen LogP contribution < -0.4 is 5.32 Å². The summed E-state index contributed by atoms with van der Waals surface area (Å²) in [5.41, 5.74) is 1.64. The lowest BCUT2D eigenvalue weighted by atomic mass is 9.94. The van der Waals surface area contributed by atoms with Crippen molar-refractivity contribution in [3.8, 4) is 0 Å². The van der Waals surface area contributed by atoms with E-state index in [0.29, 0.717) is 6.04 Å². The Balaban J connectivity index is 2.16. The molecule has 0 amide bonds. The minimum absolute atomic E-state index is 0.471. The van der Waals surface area contributed by atoms with Crippen LogP contribution in [0.15, 0.2) is 23.8 Å². The van der Waals surface area contributed by atoms with Gasteiger partial charge in [0.05, 0.1) is 6.04 Å². The fraction of sp³-hybridized carbons (Fsp3) is 0.667. The molecule has 0 fully saturated rings. The molecule has 2 rings (SSSR count). The van der Waals surface area contributed by atoms with E-state index >= 15 is 0 Å². The highest BCUT2D eigenvalue weighted by molar-refractivity contribution is 7.12. The van der Waals surface area contributed by atoms with Gasteiger partial charge in [0, 0.05) is 9.75 Å². The van der Waals surface area contributed by atoms with E-state index in [1.807, 2.05) is 11.3 Å². The summed E-state index contributed by atoms with van der Waals surface area (Å²) < 4.78 is 0. The van der Waals surface area contributed by atoms with Gasteiger partial charge >= 0.3 is 0 Å². The summed E-state index contributed by atoms with van der Waals surface area (Å²) in [5.74, 6) is 0. The minimum atomic E-state index is 0.471. The average molecular weight is 292 g/mol. The van der Waals surface area contributed by atoms with Crippen molar-refractivity contribution in [1.29, 1.82) is 0 Å². The largest absolute Gasteiger partial charge is 0.306 e. The summed E-state index contributed by atoms with van der Waals surface area (Å²) in [6.45, 7) is 5.61. The predicted octanol–water partition coefficient (Wildman–Crippen LogP) is 5.63. The Morgan fingerprint density at radius 2 is 2.00 bits per heavy atom. The van der Waals surface area contributed by atoms with Crippen molar-refractivity contribution in [3.63, 3.8) is 0 Å². The maximum atomic E-state index is 3.78. The number of aryl methyl sites for hydroxylation is 1. The number of hydrogen-bond donors (Lipinski definition) is 1. The predicted molar refractivity (Wildman–Crippen MR) is 90.5 cm³/mol. The molecular weight excluding hydrogens is 262 g/mol. The molecule has 1 aromatic rings. The first-order valence-corrected chi connectivity index (χ1v) is 9.17. The van der Waals surface area contributed by atoms with Crippen LogP contribution in [0.1, 0.15) is 74.6 Å². The van der Waals surface area contributed by atoms with E-state index in [1.54, 1.807) is 5.57 Å². The number of hydrogen-bond acceptors (Lipinski definition) is 2. The molecule has 1 aliphatic carbocycles. The maximum absolute atomic E-state index is 3.78. The van der Waals surface area contributed by atoms with Crippen LogP contribution in [0.5, 0.6) is 0 Å². The molecule has 0 aromatic carbocycles. The van der Waals surface area contributed by atoms with Crippen molar-refractivity contribution >= 4 is 11.3 Å². The van der Waals surface area contributed by atoms with Crippen LogP contribution in [0.4, 0.5) is 0 Å². The summed E-state index contributed by atoms with van der Waals surface area (Å²) in [5, 5.41) is 3.78. The lowest BCUT2D eigenvalue weighted by Crippen LogP contribution is -2.23. The summed E-state index contributed by atoms with van der Waals surface area (Å²) in [6.07, 6.45) is 13.0. The Morgan fingerprint density at radius 3 is 2.75 bits per heavy atom. The number of thiophene rings is 1. The van der Waals surface area contributed by atoms with Crippen molar-refractivity contribution in [1.82, 2.24) is 5.32 Å². The molecule has 1 N–H and O–H groups in total. The topological polar surface area (TPSA) is 12.0 Å². The molecule has 0 saturated heterocycles. The summed E-state index contributed by atoms with van der Waals surface area (Å²) in [7, 11) is 0. The standard InChI is InChI=1S/C18H29NS/c1-3-14-19-18(17-13-12-16(4-2)20-17)15-10-8-6-5-7-9-11-15/h10,12-13,18-19H,3-9,11,14H2,1-2H3/b15-10+. The van der Waals surface area contributed by atoms with Gasteiger partial charge in [-0.25, -0.2) is 0 Å². The normalized spacial score (nSPS) is 20.8. The molecule has 1 aliphatic rings. The first-order valence-electron chi connectivity index (χ1n) is 8.36. The van der Waals surface area contributed by atoms with Crippen LogP contribution in [0.3, 0.4) is 0 Å². The highest BCUT2D eigenvalue weighted by Gasteiger charge is 2.18. The van der Waals surface area contributed by atoms with Gasteiger partial charge < -0.3 is 5.32 Å². The summed E-state index contributed by atoms with van der Waals surface area (Å²) in [4.78, 5) is 3.02. The Kier molecular flexibility index (Phi) is 6.81. The molecule has 1 unspecified atom stereocenters. The zero-order chi connectivity index (χ0) is 14.2. The van der Waals surface area contributed by atoms with E-state index in [1.165, 1.54) is 54.7 Å². The van der Waals surface area contributed by atoms with Crippen molar-refractivity contribution in [3.05, 3.63) is 33.5 Å². The van der Waals surface area contributed by atoms with E-state index in [0.717, 1.165) is 13.0 Å². The molecule has 1 nitrogen and oxygen atoms in total. The van der Waals surface area contributed by atoms with E-state index in [9.17, 15) is 0 Å². The fourth-order valence-corrected chi connectivity index (χ4v) is 3.99. The van der Waals surface area contributed by atoms with Gasteiger partial charge in [-0.05, 0) is 57.2 Å². The molecule has 2 heteroatoms. The Labute approximate surface area is 128 Å². The van der Waals surface area contributed by atoms with E-state index in [4.69, 9.17) is 0 Å². The van der Waals surface area contributed by atoms with Gasteiger partial charge in [0.1, 0.15) is 0 Å². The van der Waals surface area contributed by atoms with Gasteiger partial charge in [-0.15, -0.1) is 11.3 Å². The fourth-order valence-electron chi connectivity index (χ4n) is 2.92. The smallest absolute Gasteiger partial charge is 0.0630 e. The summed E-state index contributed by atoms with van der Waals surface area (Å²) >= 11 is 1.99. The van der Waals surface area contributed by atoms with E-state index < -0.39 is 0 Å². The third-order valence-electron chi connectivity index (χ3n) is 4.11. The molecule has 112 valence electrons. The Morgan fingerprint density at radius 1 is 1.15 bits per heavy atom. The third kappa shape index (κ3) is 4.46. The second kappa shape index (κ2) is 8.63. The Bertz CT molecular complexity index is 419. The zero-order valence-corrected chi connectivity index (χ0v) is 13.9. The lowest BCUT2D eigenvalue weighted by molar-refractivity contribution is 0.545. The third-order valence-corrected chi connectivity index (χ3v) is 5.41. The molecule has 1 aromatic heterocycles. The van der Waals surface area contributed by atoms with Crippen LogP contribution in [0, 0.1) is 0 Å². The van der Waals surface area contributed by atoms with Crippen LogP contribution >= 0.6 is 11.3 Å². The van der Waals surface area contributed by atoms with Gasteiger partial charge in [-0.2, -0.15) is 0 Å². The number of allylic oxidation sites excluding steroid dienone is 1. The molecule has 0 bridgehead atoms. The average Bonchev–Trinajstić information content (AvgIpc) is 2.89. The second-order valence-electron chi connectivity index (χ2n) is 5.78. The SMILES string of the molecule is CCCNC(/C1=C/CCCCCC1)c1ccc(CC)s1. The second-order valence-corrected chi connectivity index (χ2v) is 6.98. The molecule has 0 aliphatic heterocycles. The minimum Gasteiger partial charge on any atom is -0.306 e. The molecule has 20 heavy (non-hydrogen) atoms. The first kappa shape index (κ1) is 15.8.